The summed E-state index contributed by atoms with van der Waals surface area (Å²) in [6, 6.07) is 8.16. The molecular weight excluding hydrogens is 214 g/mol. The molecule has 4 heteroatoms. The van der Waals surface area contributed by atoms with E-state index in [-0.39, 0.29) is 5.91 Å². The van der Waals surface area contributed by atoms with Gasteiger partial charge in [-0.2, -0.15) is 0 Å². The van der Waals surface area contributed by atoms with Crippen LogP contribution in [-0.2, 0) is 6.54 Å². The second-order valence-electron chi connectivity index (χ2n) is 4.57. The summed E-state index contributed by atoms with van der Waals surface area (Å²) in [5.41, 5.74) is 7.01. The number of hydrogen-bond acceptors (Lipinski definition) is 3. The van der Waals surface area contributed by atoms with E-state index in [1.54, 1.807) is 12.1 Å². The zero-order valence-corrected chi connectivity index (χ0v) is 10.1. The number of nitrogens with two attached hydrogens (primary N) is 1. The molecule has 0 spiro atoms. The van der Waals surface area contributed by atoms with Crippen molar-refractivity contribution >= 4 is 5.91 Å². The molecule has 1 heterocycles. The molecule has 1 fully saturated rings. The van der Waals surface area contributed by atoms with Crippen LogP contribution in [0.5, 0.6) is 0 Å². The number of rotatable bonds is 4. The first-order valence-corrected chi connectivity index (χ1v) is 5.97. The molecule has 4 nitrogen and oxygen atoms in total. The van der Waals surface area contributed by atoms with E-state index in [9.17, 15) is 4.79 Å². The second-order valence-corrected chi connectivity index (χ2v) is 4.57. The van der Waals surface area contributed by atoms with Crippen LogP contribution in [0, 0.1) is 0 Å². The minimum absolute atomic E-state index is 0.368. The molecule has 17 heavy (non-hydrogen) atoms. The molecule has 1 aromatic rings. The van der Waals surface area contributed by atoms with Crippen molar-refractivity contribution in [1.82, 2.24) is 10.2 Å². The molecule has 1 aliphatic heterocycles. The fourth-order valence-corrected chi connectivity index (χ4v) is 2.24. The number of benzene rings is 1. The fourth-order valence-electron chi connectivity index (χ4n) is 2.24. The normalized spacial score (nSPS) is 20.6. The Hall–Kier alpha value is -1.39. The first kappa shape index (κ1) is 12.1. The molecule has 1 aromatic carbocycles. The molecule has 3 N–H and O–H groups in total. The maximum Gasteiger partial charge on any atom is 0.248 e. The van der Waals surface area contributed by atoms with Gasteiger partial charge < -0.3 is 11.1 Å². The highest BCUT2D eigenvalue weighted by Gasteiger charge is 2.20. The van der Waals surface area contributed by atoms with Crippen LogP contribution >= 0.6 is 0 Å². The van der Waals surface area contributed by atoms with Crippen LogP contribution in [0.15, 0.2) is 24.3 Å². The number of nitrogens with one attached hydrogen (secondary N) is 1. The lowest BCUT2D eigenvalue weighted by Gasteiger charge is -2.15. The maximum atomic E-state index is 10.9. The molecule has 0 aromatic heterocycles. The van der Waals surface area contributed by atoms with Gasteiger partial charge in [-0.05, 0) is 31.2 Å². The van der Waals surface area contributed by atoms with Gasteiger partial charge in [-0.15, -0.1) is 0 Å². The van der Waals surface area contributed by atoms with Crippen molar-refractivity contribution in [1.29, 1.82) is 0 Å². The van der Waals surface area contributed by atoms with E-state index in [0.29, 0.717) is 11.6 Å². The van der Waals surface area contributed by atoms with Gasteiger partial charge in [0.05, 0.1) is 0 Å². The molecule has 1 unspecified atom stereocenters. The Kier molecular flexibility index (Phi) is 3.76. The van der Waals surface area contributed by atoms with Crippen molar-refractivity contribution < 1.29 is 4.79 Å². The average molecular weight is 233 g/mol. The molecule has 1 amide bonds. The summed E-state index contributed by atoms with van der Waals surface area (Å²) in [5.74, 6) is -0.368. The summed E-state index contributed by atoms with van der Waals surface area (Å²) in [7, 11) is 2.01. The Labute approximate surface area is 102 Å². The Morgan fingerprint density at radius 2 is 2.18 bits per heavy atom. The molecule has 1 aliphatic rings. The van der Waals surface area contributed by atoms with Gasteiger partial charge in [0.2, 0.25) is 5.91 Å². The number of carbonyl (C=O) groups excluding carboxylic acids is 1. The number of carbonyl (C=O) groups is 1. The lowest BCUT2D eigenvalue weighted by molar-refractivity contribution is 0.100. The standard InChI is InChI=1S/C13H19N3O/c1-15-12-6-7-16(9-12)8-10-2-4-11(5-3-10)13(14)17/h2-5,12,15H,6-9H2,1H3,(H2,14,17). The van der Waals surface area contributed by atoms with Gasteiger partial charge in [-0.1, -0.05) is 12.1 Å². The van der Waals surface area contributed by atoms with E-state index in [1.165, 1.54) is 12.0 Å². The van der Waals surface area contributed by atoms with Crippen molar-refractivity contribution in [3.05, 3.63) is 35.4 Å². The van der Waals surface area contributed by atoms with Crippen LogP contribution in [0.4, 0.5) is 0 Å². The molecular formula is C13H19N3O. The summed E-state index contributed by atoms with van der Waals surface area (Å²) in [6.45, 7) is 3.16. The van der Waals surface area contributed by atoms with Gasteiger partial charge in [0.15, 0.2) is 0 Å². The topological polar surface area (TPSA) is 58.4 Å². The third-order valence-electron chi connectivity index (χ3n) is 3.33. The highest BCUT2D eigenvalue weighted by molar-refractivity contribution is 5.92. The van der Waals surface area contributed by atoms with E-state index in [4.69, 9.17) is 5.73 Å². The lowest BCUT2D eigenvalue weighted by Crippen LogP contribution is -2.29. The predicted octanol–water partition coefficient (Wildman–Crippen LogP) is 0.579. The summed E-state index contributed by atoms with van der Waals surface area (Å²) >= 11 is 0. The number of hydrogen-bond donors (Lipinski definition) is 2. The minimum Gasteiger partial charge on any atom is -0.366 e. The number of primary amides is 1. The predicted molar refractivity (Wildman–Crippen MR) is 67.7 cm³/mol. The van der Waals surface area contributed by atoms with Gasteiger partial charge in [-0.3, -0.25) is 9.69 Å². The van der Waals surface area contributed by atoms with Crippen molar-refractivity contribution in [2.45, 2.75) is 19.0 Å². The van der Waals surface area contributed by atoms with E-state index in [1.807, 2.05) is 19.2 Å². The fraction of sp³-hybridized carbons (Fsp3) is 0.462. The Bertz CT molecular complexity index is 388. The Morgan fingerprint density at radius 3 is 2.71 bits per heavy atom. The minimum atomic E-state index is -0.368. The number of nitrogens with zero attached hydrogens (tertiary/aromatic N) is 1. The summed E-state index contributed by atoms with van der Waals surface area (Å²) < 4.78 is 0. The van der Waals surface area contributed by atoms with Crippen LogP contribution in [0.1, 0.15) is 22.3 Å². The van der Waals surface area contributed by atoms with Crippen molar-refractivity contribution in [2.75, 3.05) is 20.1 Å². The molecule has 1 atom stereocenters. The van der Waals surface area contributed by atoms with Crippen LogP contribution < -0.4 is 11.1 Å². The number of amides is 1. The van der Waals surface area contributed by atoms with Crippen LogP contribution in [0.2, 0.25) is 0 Å². The van der Waals surface area contributed by atoms with Crippen LogP contribution in [0.3, 0.4) is 0 Å². The first-order valence-electron chi connectivity index (χ1n) is 5.97. The molecule has 1 saturated heterocycles. The van der Waals surface area contributed by atoms with Crippen LogP contribution in [-0.4, -0.2) is 37.0 Å². The smallest absolute Gasteiger partial charge is 0.248 e. The summed E-state index contributed by atoms with van der Waals surface area (Å²) in [6.07, 6.45) is 1.20. The number of likely N-dealkylation sites (tertiary alicyclic amines) is 1. The first-order chi connectivity index (χ1) is 8.19. The average Bonchev–Trinajstić information content (AvgIpc) is 2.77. The Morgan fingerprint density at radius 1 is 1.47 bits per heavy atom. The maximum absolute atomic E-state index is 10.9. The molecule has 0 radical (unpaired) electrons. The molecule has 0 bridgehead atoms. The SMILES string of the molecule is CNC1CCN(Cc2ccc(C(N)=O)cc2)C1. The molecule has 2 rings (SSSR count). The largest absolute Gasteiger partial charge is 0.366 e. The van der Waals surface area contributed by atoms with Crippen LogP contribution in [0.25, 0.3) is 0 Å². The lowest BCUT2D eigenvalue weighted by atomic mass is 10.1. The van der Waals surface area contributed by atoms with Crippen molar-refractivity contribution in [3.8, 4) is 0 Å². The van der Waals surface area contributed by atoms with Gasteiger partial charge in [0, 0.05) is 31.2 Å². The third-order valence-corrected chi connectivity index (χ3v) is 3.33. The van der Waals surface area contributed by atoms with Gasteiger partial charge in [0.1, 0.15) is 0 Å². The highest BCUT2D eigenvalue weighted by atomic mass is 16.1. The van der Waals surface area contributed by atoms with Gasteiger partial charge in [-0.25, -0.2) is 0 Å². The molecule has 0 saturated carbocycles. The highest BCUT2D eigenvalue weighted by Crippen LogP contribution is 2.13. The third kappa shape index (κ3) is 3.05. The van der Waals surface area contributed by atoms with Gasteiger partial charge in [0.25, 0.3) is 0 Å². The Balaban J connectivity index is 1.93. The molecule has 92 valence electrons. The van der Waals surface area contributed by atoms with E-state index in [0.717, 1.165) is 19.6 Å². The molecule has 0 aliphatic carbocycles. The quantitative estimate of drug-likeness (QED) is 0.799. The van der Waals surface area contributed by atoms with E-state index >= 15 is 0 Å². The van der Waals surface area contributed by atoms with E-state index in [2.05, 4.69) is 10.2 Å². The van der Waals surface area contributed by atoms with E-state index < -0.39 is 0 Å². The summed E-state index contributed by atoms with van der Waals surface area (Å²) in [4.78, 5) is 13.4. The zero-order valence-electron chi connectivity index (χ0n) is 10.1. The summed E-state index contributed by atoms with van der Waals surface area (Å²) in [5, 5.41) is 3.30. The van der Waals surface area contributed by atoms with Crippen molar-refractivity contribution in [2.24, 2.45) is 5.73 Å². The second kappa shape index (κ2) is 5.29. The van der Waals surface area contributed by atoms with Crippen molar-refractivity contribution in [3.63, 3.8) is 0 Å². The number of likely N-dealkylation sites (N-methyl/N-ethyl adjacent to an activating group) is 1. The monoisotopic (exact) mass is 233 g/mol. The zero-order chi connectivity index (χ0) is 12.3. The van der Waals surface area contributed by atoms with Gasteiger partial charge >= 0.3 is 0 Å².